The molecule has 0 saturated heterocycles. The standard InChI is InChI=1S/C20H22N2O2S/c1-14-5-9-18(10-6-14)25(23,24)21-20-11-17(8-7-15(20)2)19-13-22(4)12-16(19)3/h5-13,21H,1-4H3. The van der Waals surface area contributed by atoms with Gasteiger partial charge in [-0.2, -0.15) is 0 Å². The molecule has 5 heteroatoms. The van der Waals surface area contributed by atoms with Crippen molar-refractivity contribution in [3.63, 3.8) is 0 Å². The highest BCUT2D eigenvalue weighted by molar-refractivity contribution is 7.92. The van der Waals surface area contributed by atoms with Crippen molar-refractivity contribution in [1.82, 2.24) is 4.57 Å². The molecule has 1 aromatic heterocycles. The third kappa shape index (κ3) is 3.61. The Hall–Kier alpha value is -2.53. The molecule has 0 aliphatic rings. The van der Waals surface area contributed by atoms with Crippen LogP contribution in [-0.4, -0.2) is 13.0 Å². The summed E-state index contributed by atoms with van der Waals surface area (Å²) in [5.41, 5.74) is 5.74. The molecule has 0 amide bonds. The van der Waals surface area contributed by atoms with Crippen molar-refractivity contribution < 1.29 is 8.42 Å². The molecule has 0 atom stereocenters. The van der Waals surface area contributed by atoms with E-state index in [2.05, 4.69) is 4.72 Å². The fourth-order valence-electron chi connectivity index (χ4n) is 2.84. The van der Waals surface area contributed by atoms with Crippen LogP contribution in [-0.2, 0) is 17.1 Å². The minimum Gasteiger partial charge on any atom is -0.356 e. The highest BCUT2D eigenvalue weighted by Gasteiger charge is 2.16. The summed E-state index contributed by atoms with van der Waals surface area (Å²) in [6.45, 7) is 5.87. The number of rotatable bonds is 4. The molecule has 130 valence electrons. The van der Waals surface area contributed by atoms with Gasteiger partial charge in [-0.15, -0.1) is 0 Å². The Morgan fingerprint density at radius 2 is 1.56 bits per heavy atom. The van der Waals surface area contributed by atoms with Gasteiger partial charge in [-0.25, -0.2) is 8.42 Å². The van der Waals surface area contributed by atoms with E-state index in [0.717, 1.165) is 27.8 Å². The van der Waals surface area contributed by atoms with E-state index in [1.54, 1.807) is 24.3 Å². The van der Waals surface area contributed by atoms with Gasteiger partial charge in [0.05, 0.1) is 10.6 Å². The Kier molecular flexibility index (Phi) is 4.43. The number of hydrogen-bond donors (Lipinski definition) is 1. The summed E-state index contributed by atoms with van der Waals surface area (Å²) in [5, 5.41) is 0. The summed E-state index contributed by atoms with van der Waals surface area (Å²) in [6.07, 6.45) is 4.09. The summed E-state index contributed by atoms with van der Waals surface area (Å²) in [4.78, 5) is 0.263. The Morgan fingerprint density at radius 1 is 0.880 bits per heavy atom. The predicted octanol–water partition coefficient (Wildman–Crippen LogP) is 4.42. The smallest absolute Gasteiger partial charge is 0.261 e. The largest absolute Gasteiger partial charge is 0.356 e. The maximum absolute atomic E-state index is 12.7. The monoisotopic (exact) mass is 354 g/mol. The normalized spacial score (nSPS) is 11.5. The van der Waals surface area contributed by atoms with Gasteiger partial charge in [-0.1, -0.05) is 29.8 Å². The van der Waals surface area contributed by atoms with Crippen molar-refractivity contribution in [2.45, 2.75) is 25.7 Å². The van der Waals surface area contributed by atoms with Crippen LogP contribution in [0, 0.1) is 20.8 Å². The van der Waals surface area contributed by atoms with E-state index in [4.69, 9.17) is 0 Å². The molecule has 0 unspecified atom stereocenters. The average molecular weight is 354 g/mol. The average Bonchev–Trinajstić information content (AvgIpc) is 2.88. The lowest BCUT2D eigenvalue weighted by molar-refractivity contribution is 0.601. The van der Waals surface area contributed by atoms with Gasteiger partial charge in [0.15, 0.2) is 0 Å². The zero-order valence-electron chi connectivity index (χ0n) is 14.9. The second-order valence-corrected chi connectivity index (χ2v) is 8.15. The lowest BCUT2D eigenvalue weighted by atomic mass is 10.0. The third-order valence-corrected chi connectivity index (χ3v) is 5.66. The maximum Gasteiger partial charge on any atom is 0.261 e. The molecule has 1 heterocycles. The van der Waals surface area contributed by atoms with E-state index in [0.29, 0.717) is 5.69 Å². The number of hydrogen-bond acceptors (Lipinski definition) is 2. The van der Waals surface area contributed by atoms with Gasteiger partial charge in [0, 0.05) is 25.0 Å². The molecule has 0 aliphatic heterocycles. The molecular weight excluding hydrogens is 332 g/mol. The van der Waals surface area contributed by atoms with Crippen LogP contribution in [0.1, 0.15) is 16.7 Å². The van der Waals surface area contributed by atoms with E-state index < -0.39 is 10.0 Å². The quantitative estimate of drug-likeness (QED) is 0.754. The van der Waals surface area contributed by atoms with Crippen molar-refractivity contribution in [1.29, 1.82) is 0 Å². The minimum atomic E-state index is -3.61. The summed E-state index contributed by atoms with van der Waals surface area (Å²) in [7, 11) is -1.63. The molecule has 0 saturated carbocycles. The molecule has 4 nitrogen and oxygen atoms in total. The first kappa shape index (κ1) is 17.3. The van der Waals surface area contributed by atoms with Crippen LogP contribution in [0.5, 0.6) is 0 Å². The summed E-state index contributed by atoms with van der Waals surface area (Å²) >= 11 is 0. The van der Waals surface area contributed by atoms with E-state index in [9.17, 15) is 8.42 Å². The van der Waals surface area contributed by atoms with Crippen LogP contribution in [0.3, 0.4) is 0 Å². The predicted molar refractivity (Wildman–Crippen MR) is 102 cm³/mol. The van der Waals surface area contributed by atoms with Crippen molar-refractivity contribution in [3.8, 4) is 11.1 Å². The Balaban J connectivity index is 1.98. The Morgan fingerprint density at radius 3 is 2.16 bits per heavy atom. The van der Waals surface area contributed by atoms with Crippen molar-refractivity contribution in [2.24, 2.45) is 7.05 Å². The van der Waals surface area contributed by atoms with Crippen LogP contribution in [0.25, 0.3) is 11.1 Å². The van der Waals surface area contributed by atoms with Gasteiger partial charge in [0.2, 0.25) is 0 Å². The molecule has 25 heavy (non-hydrogen) atoms. The van der Waals surface area contributed by atoms with Crippen LogP contribution >= 0.6 is 0 Å². The minimum absolute atomic E-state index is 0.263. The van der Waals surface area contributed by atoms with E-state index >= 15 is 0 Å². The first-order valence-corrected chi connectivity index (χ1v) is 9.58. The van der Waals surface area contributed by atoms with Gasteiger partial charge >= 0.3 is 0 Å². The van der Waals surface area contributed by atoms with E-state index in [-0.39, 0.29) is 4.90 Å². The molecule has 0 bridgehead atoms. The van der Waals surface area contributed by atoms with Crippen LogP contribution < -0.4 is 4.72 Å². The maximum atomic E-state index is 12.7. The second-order valence-electron chi connectivity index (χ2n) is 6.47. The summed E-state index contributed by atoms with van der Waals surface area (Å²) < 4.78 is 30.1. The number of nitrogens with one attached hydrogen (secondary N) is 1. The SMILES string of the molecule is Cc1ccc(S(=O)(=O)Nc2cc(-c3cn(C)cc3C)ccc2C)cc1. The van der Waals surface area contributed by atoms with Crippen molar-refractivity contribution >= 4 is 15.7 Å². The van der Waals surface area contributed by atoms with Crippen LogP contribution in [0.4, 0.5) is 5.69 Å². The van der Waals surface area contributed by atoms with Gasteiger partial charge in [-0.05, 0) is 55.7 Å². The number of sulfonamides is 1. The van der Waals surface area contributed by atoms with Gasteiger partial charge in [0.25, 0.3) is 10.0 Å². The fraction of sp³-hybridized carbons (Fsp3) is 0.200. The van der Waals surface area contributed by atoms with Gasteiger partial charge in [-0.3, -0.25) is 4.72 Å². The number of nitrogens with zero attached hydrogens (tertiary/aromatic N) is 1. The zero-order chi connectivity index (χ0) is 18.2. The summed E-state index contributed by atoms with van der Waals surface area (Å²) in [5.74, 6) is 0. The fourth-order valence-corrected chi connectivity index (χ4v) is 3.96. The van der Waals surface area contributed by atoms with Crippen LogP contribution in [0.15, 0.2) is 59.8 Å². The van der Waals surface area contributed by atoms with Gasteiger partial charge in [0.1, 0.15) is 0 Å². The topological polar surface area (TPSA) is 51.1 Å². The molecule has 2 aromatic carbocycles. The molecule has 0 fully saturated rings. The number of anilines is 1. The number of aromatic nitrogens is 1. The molecule has 1 N–H and O–H groups in total. The first-order chi connectivity index (χ1) is 11.8. The van der Waals surface area contributed by atoms with Crippen molar-refractivity contribution in [3.05, 3.63) is 71.5 Å². The lowest BCUT2D eigenvalue weighted by Gasteiger charge is -2.12. The van der Waals surface area contributed by atoms with E-state index in [1.165, 1.54) is 0 Å². The highest BCUT2D eigenvalue weighted by atomic mass is 32.2. The van der Waals surface area contributed by atoms with Crippen molar-refractivity contribution in [2.75, 3.05) is 4.72 Å². The van der Waals surface area contributed by atoms with E-state index in [1.807, 2.05) is 63.0 Å². The number of benzene rings is 2. The molecule has 3 rings (SSSR count). The Bertz CT molecular complexity index is 1020. The molecule has 0 aliphatic carbocycles. The molecule has 0 radical (unpaired) electrons. The molecule has 3 aromatic rings. The first-order valence-electron chi connectivity index (χ1n) is 8.09. The summed E-state index contributed by atoms with van der Waals surface area (Å²) in [6, 6.07) is 12.7. The molecule has 0 spiro atoms. The zero-order valence-corrected chi connectivity index (χ0v) is 15.7. The Labute approximate surface area is 149 Å². The third-order valence-electron chi connectivity index (χ3n) is 4.28. The second kappa shape index (κ2) is 6.41. The molecular formula is C20H22N2O2S. The van der Waals surface area contributed by atoms with Gasteiger partial charge < -0.3 is 4.57 Å². The highest BCUT2D eigenvalue weighted by Crippen LogP contribution is 2.29. The van der Waals surface area contributed by atoms with Crippen LogP contribution in [0.2, 0.25) is 0 Å². The lowest BCUT2D eigenvalue weighted by Crippen LogP contribution is -2.13. The number of aryl methyl sites for hydroxylation is 4.